The van der Waals surface area contributed by atoms with E-state index in [4.69, 9.17) is 9.47 Å². The van der Waals surface area contributed by atoms with E-state index in [9.17, 15) is 4.79 Å². The Bertz CT molecular complexity index is 761. The Morgan fingerprint density at radius 2 is 1.81 bits per heavy atom. The maximum absolute atomic E-state index is 12.8. The van der Waals surface area contributed by atoms with Gasteiger partial charge in [0.05, 0.1) is 14.2 Å². The van der Waals surface area contributed by atoms with Crippen LogP contribution in [-0.2, 0) is 4.79 Å². The van der Waals surface area contributed by atoms with Gasteiger partial charge < -0.3 is 19.3 Å². The van der Waals surface area contributed by atoms with E-state index in [1.165, 1.54) is 0 Å². The molecule has 144 valence electrons. The van der Waals surface area contributed by atoms with Gasteiger partial charge in [-0.2, -0.15) is 0 Å². The fourth-order valence-electron chi connectivity index (χ4n) is 3.34. The number of aromatic nitrogens is 2. The van der Waals surface area contributed by atoms with Crippen LogP contribution in [0.25, 0.3) is 0 Å². The molecule has 1 saturated heterocycles. The van der Waals surface area contributed by atoms with Crippen LogP contribution in [0, 0.1) is 0 Å². The van der Waals surface area contributed by atoms with Gasteiger partial charge in [0, 0.05) is 51.1 Å². The minimum atomic E-state index is 0.0637. The number of carbonyl (C=O) groups excluding carboxylic acids is 1. The predicted molar refractivity (Wildman–Crippen MR) is 103 cm³/mol. The van der Waals surface area contributed by atoms with Crippen molar-refractivity contribution in [3.63, 3.8) is 0 Å². The van der Waals surface area contributed by atoms with E-state index in [1.54, 1.807) is 32.7 Å². The van der Waals surface area contributed by atoms with Crippen LogP contribution in [0.1, 0.15) is 24.8 Å². The highest BCUT2D eigenvalue weighted by Gasteiger charge is 2.24. The molecule has 1 unspecified atom stereocenters. The SMILES string of the molecule is COc1ccc(C(C)CC(=O)N2CCN(c3ncccn3)CC2)c(OC)c1. The molecule has 1 amide bonds. The van der Waals surface area contributed by atoms with Crippen molar-refractivity contribution in [1.82, 2.24) is 14.9 Å². The highest BCUT2D eigenvalue weighted by Crippen LogP contribution is 2.32. The maximum atomic E-state index is 12.8. The van der Waals surface area contributed by atoms with Crippen molar-refractivity contribution in [2.45, 2.75) is 19.3 Å². The monoisotopic (exact) mass is 370 g/mol. The first-order valence-electron chi connectivity index (χ1n) is 9.14. The van der Waals surface area contributed by atoms with Gasteiger partial charge in [-0.3, -0.25) is 4.79 Å². The Hall–Kier alpha value is -2.83. The topological polar surface area (TPSA) is 67.8 Å². The fourth-order valence-corrected chi connectivity index (χ4v) is 3.34. The fraction of sp³-hybridized carbons (Fsp3) is 0.450. The predicted octanol–water partition coefficient (Wildman–Crippen LogP) is 2.34. The third-order valence-electron chi connectivity index (χ3n) is 4.92. The molecule has 0 bridgehead atoms. The summed E-state index contributed by atoms with van der Waals surface area (Å²) < 4.78 is 10.7. The van der Waals surface area contributed by atoms with Gasteiger partial charge in [0.25, 0.3) is 0 Å². The summed E-state index contributed by atoms with van der Waals surface area (Å²) in [6.45, 7) is 4.91. The number of hydrogen-bond acceptors (Lipinski definition) is 6. The standard InChI is InChI=1S/C20H26N4O3/c1-15(17-6-5-16(26-2)14-18(17)27-3)13-19(25)23-9-11-24(12-10-23)20-21-7-4-8-22-20/h4-8,14-15H,9-13H2,1-3H3. The number of carbonyl (C=O) groups is 1. The van der Waals surface area contributed by atoms with Crippen LogP contribution in [0.15, 0.2) is 36.7 Å². The highest BCUT2D eigenvalue weighted by molar-refractivity contribution is 5.77. The Morgan fingerprint density at radius 3 is 2.44 bits per heavy atom. The van der Waals surface area contributed by atoms with E-state index in [0.717, 1.165) is 36.1 Å². The Balaban J connectivity index is 1.58. The van der Waals surface area contributed by atoms with E-state index >= 15 is 0 Å². The minimum Gasteiger partial charge on any atom is -0.497 e. The van der Waals surface area contributed by atoms with E-state index in [0.29, 0.717) is 19.5 Å². The second kappa shape index (κ2) is 8.70. The van der Waals surface area contributed by atoms with Crippen LogP contribution in [0.3, 0.4) is 0 Å². The number of rotatable bonds is 6. The summed E-state index contributed by atoms with van der Waals surface area (Å²) in [5.41, 5.74) is 1.02. The molecule has 3 rings (SSSR count). The Kier molecular flexibility index (Phi) is 6.11. The van der Waals surface area contributed by atoms with Gasteiger partial charge in [-0.15, -0.1) is 0 Å². The number of piperazine rings is 1. The molecule has 2 aromatic rings. The van der Waals surface area contributed by atoms with Gasteiger partial charge in [-0.1, -0.05) is 13.0 Å². The third-order valence-corrected chi connectivity index (χ3v) is 4.92. The molecule has 1 aromatic heterocycles. The molecule has 1 atom stereocenters. The molecular formula is C20H26N4O3. The van der Waals surface area contributed by atoms with Crippen LogP contribution in [-0.4, -0.2) is 61.2 Å². The molecule has 27 heavy (non-hydrogen) atoms. The number of amides is 1. The van der Waals surface area contributed by atoms with Gasteiger partial charge in [0.2, 0.25) is 11.9 Å². The van der Waals surface area contributed by atoms with Gasteiger partial charge in [-0.25, -0.2) is 9.97 Å². The van der Waals surface area contributed by atoms with E-state index in [-0.39, 0.29) is 11.8 Å². The molecule has 0 saturated carbocycles. The maximum Gasteiger partial charge on any atom is 0.225 e. The highest BCUT2D eigenvalue weighted by atomic mass is 16.5. The first-order valence-corrected chi connectivity index (χ1v) is 9.14. The summed E-state index contributed by atoms with van der Waals surface area (Å²) >= 11 is 0. The summed E-state index contributed by atoms with van der Waals surface area (Å²) in [6, 6.07) is 7.53. The second-order valence-electron chi connectivity index (χ2n) is 6.63. The largest absolute Gasteiger partial charge is 0.497 e. The zero-order valence-corrected chi connectivity index (χ0v) is 16.1. The number of hydrogen-bond donors (Lipinski definition) is 0. The molecule has 0 N–H and O–H groups in total. The third kappa shape index (κ3) is 4.48. The Labute approximate surface area is 159 Å². The molecule has 7 heteroatoms. The summed E-state index contributed by atoms with van der Waals surface area (Å²) in [5, 5.41) is 0. The van der Waals surface area contributed by atoms with Crippen molar-refractivity contribution in [3.05, 3.63) is 42.2 Å². The summed E-state index contributed by atoms with van der Waals surface area (Å²) in [7, 11) is 3.26. The van der Waals surface area contributed by atoms with Crippen molar-refractivity contribution in [2.75, 3.05) is 45.3 Å². The smallest absolute Gasteiger partial charge is 0.225 e. The lowest BCUT2D eigenvalue weighted by atomic mass is 9.96. The summed E-state index contributed by atoms with van der Waals surface area (Å²) in [6.07, 6.45) is 3.93. The molecule has 0 aliphatic carbocycles. The number of anilines is 1. The van der Waals surface area contributed by atoms with Crippen molar-refractivity contribution in [3.8, 4) is 11.5 Å². The molecular weight excluding hydrogens is 344 g/mol. The summed E-state index contributed by atoms with van der Waals surface area (Å²) in [4.78, 5) is 25.4. The lowest BCUT2D eigenvalue weighted by molar-refractivity contribution is -0.131. The van der Waals surface area contributed by atoms with Gasteiger partial charge in [-0.05, 0) is 23.6 Å². The van der Waals surface area contributed by atoms with Crippen LogP contribution < -0.4 is 14.4 Å². The van der Waals surface area contributed by atoms with Gasteiger partial charge >= 0.3 is 0 Å². The van der Waals surface area contributed by atoms with Crippen LogP contribution in [0.2, 0.25) is 0 Å². The zero-order chi connectivity index (χ0) is 19.2. The molecule has 1 fully saturated rings. The van der Waals surface area contributed by atoms with Crippen molar-refractivity contribution in [1.29, 1.82) is 0 Å². The first kappa shape index (κ1) is 18.9. The van der Waals surface area contributed by atoms with Crippen molar-refractivity contribution in [2.24, 2.45) is 0 Å². The lowest BCUT2D eigenvalue weighted by Crippen LogP contribution is -2.49. The molecule has 7 nitrogen and oxygen atoms in total. The van der Waals surface area contributed by atoms with Gasteiger partial charge in [0.15, 0.2) is 0 Å². The van der Waals surface area contributed by atoms with E-state index in [1.807, 2.05) is 23.1 Å². The second-order valence-corrected chi connectivity index (χ2v) is 6.63. The average molecular weight is 370 g/mol. The number of methoxy groups -OCH3 is 2. The first-order chi connectivity index (χ1) is 13.1. The normalized spacial score (nSPS) is 15.4. The molecule has 0 radical (unpaired) electrons. The Morgan fingerprint density at radius 1 is 1.11 bits per heavy atom. The minimum absolute atomic E-state index is 0.0637. The van der Waals surface area contributed by atoms with Crippen LogP contribution in [0.4, 0.5) is 5.95 Å². The molecule has 1 aromatic carbocycles. The molecule has 0 spiro atoms. The summed E-state index contributed by atoms with van der Waals surface area (Å²) in [5.74, 6) is 2.44. The van der Waals surface area contributed by atoms with Gasteiger partial charge in [0.1, 0.15) is 11.5 Å². The van der Waals surface area contributed by atoms with Crippen LogP contribution in [0.5, 0.6) is 11.5 Å². The quantitative estimate of drug-likeness (QED) is 0.777. The molecule has 1 aliphatic rings. The zero-order valence-electron chi connectivity index (χ0n) is 16.1. The molecule has 2 heterocycles. The number of nitrogens with zero attached hydrogens (tertiary/aromatic N) is 4. The number of benzene rings is 1. The van der Waals surface area contributed by atoms with Crippen molar-refractivity contribution < 1.29 is 14.3 Å². The van der Waals surface area contributed by atoms with Crippen LogP contribution >= 0.6 is 0 Å². The van der Waals surface area contributed by atoms with E-state index < -0.39 is 0 Å². The van der Waals surface area contributed by atoms with E-state index in [2.05, 4.69) is 21.8 Å². The molecule has 1 aliphatic heterocycles. The lowest BCUT2D eigenvalue weighted by Gasteiger charge is -2.35. The number of ether oxygens (including phenoxy) is 2. The average Bonchev–Trinajstić information content (AvgIpc) is 2.73. The van der Waals surface area contributed by atoms with Crippen molar-refractivity contribution >= 4 is 11.9 Å².